The molecule has 122 valence electrons. The van der Waals surface area contributed by atoms with E-state index in [1.54, 1.807) is 13.0 Å². The highest BCUT2D eigenvalue weighted by Crippen LogP contribution is 2.23. The summed E-state index contributed by atoms with van der Waals surface area (Å²) >= 11 is 0. The number of carbonyl (C=O) groups excluding carboxylic acids is 2. The third-order valence-corrected chi connectivity index (χ3v) is 3.49. The number of amides is 1. The number of benzene rings is 1. The number of carbonyl (C=O) groups is 2. The van der Waals surface area contributed by atoms with E-state index in [1.165, 1.54) is 12.1 Å². The van der Waals surface area contributed by atoms with Gasteiger partial charge in [0.25, 0.3) is 0 Å². The Bertz CT molecular complexity index is 808. The van der Waals surface area contributed by atoms with E-state index in [4.69, 9.17) is 4.42 Å². The number of aryl methyl sites for hydroxylation is 1. The zero-order chi connectivity index (χ0) is 17.0. The van der Waals surface area contributed by atoms with E-state index in [-0.39, 0.29) is 42.7 Å². The van der Waals surface area contributed by atoms with Gasteiger partial charge in [-0.1, -0.05) is 0 Å². The van der Waals surface area contributed by atoms with E-state index in [1.807, 2.05) is 0 Å². The lowest BCUT2D eigenvalue weighted by Crippen LogP contribution is -2.30. The van der Waals surface area contributed by atoms with Gasteiger partial charge in [0.2, 0.25) is 5.91 Å². The van der Waals surface area contributed by atoms with Crippen molar-refractivity contribution >= 4 is 22.8 Å². The Balaban J connectivity index is 2.14. The second kappa shape index (κ2) is 6.95. The molecular weight excluding hydrogens is 302 g/mol. The highest BCUT2D eigenvalue weighted by atomic mass is 16.4. The van der Waals surface area contributed by atoms with Gasteiger partial charge in [-0.15, -0.1) is 0 Å². The molecule has 0 spiro atoms. The van der Waals surface area contributed by atoms with Crippen molar-refractivity contribution < 1.29 is 24.2 Å². The molecule has 1 heterocycles. The first-order valence-electron chi connectivity index (χ1n) is 7.10. The fourth-order valence-electron chi connectivity index (χ4n) is 2.27. The molecule has 0 aliphatic carbocycles. The Hall–Kier alpha value is -2.83. The predicted molar refractivity (Wildman–Crippen MR) is 79.8 cm³/mol. The summed E-state index contributed by atoms with van der Waals surface area (Å²) in [6.45, 7) is 1.90. The van der Waals surface area contributed by atoms with Crippen LogP contribution in [0.4, 0.5) is 0 Å². The van der Waals surface area contributed by atoms with Crippen molar-refractivity contribution in [3.8, 4) is 5.75 Å². The van der Waals surface area contributed by atoms with Gasteiger partial charge in [-0.25, -0.2) is 4.79 Å². The fraction of sp³-hybridized carbons (Fsp3) is 0.312. The van der Waals surface area contributed by atoms with Gasteiger partial charge in [0.15, 0.2) is 0 Å². The number of carboxylic acid groups (broad SMARTS) is 1. The van der Waals surface area contributed by atoms with Crippen LogP contribution in [-0.2, 0) is 16.0 Å². The van der Waals surface area contributed by atoms with Crippen LogP contribution in [-0.4, -0.2) is 23.5 Å². The maximum absolute atomic E-state index is 12.0. The van der Waals surface area contributed by atoms with Gasteiger partial charge in [-0.3, -0.25) is 4.79 Å². The van der Waals surface area contributed by atoms with E-state index in [0.717, 1.165) is 0 Å². The van der Waals surface area contributed by atoms with E-state index >= 15 is 0 Å². The number of fused-ring (bicyclic) bond motifs is 1. The smallest absolute Gasteiger partial charge is 0.340 e. The molecule has 0 unspecified atom stereocenters. The van der Waals surface area contributed by atoms with Crippen LogP contribution in [0.3, 0.4) is 0 Å². The first-order chi connectivity index (χ1) is 10.9. The topological polar surface area (TPSA) is 120 Å². The summed E-state index contributed by atoms with van der Waals surface area (Å²) < 4.78 is 5.13. The van der Waals surface area contributed by atoms with Crippen molar-refractivity contribution in [2.24, 2.45) is 0 Å². The second-order valence-corrected chi connectivity index (χ2v) is 5.18. The Kier molecular flexibility index (Phi) is 5.00. The maximum Gasteiger partial charge on any atom is 0.340 e. The molecule has 0 saturated carbocycles. The van der Waals surface area contributed by atoms with Crippen LogP contribution in [0.5, 0.6) is 5.75 Å². The molecule has 1 aromatic heterocycles. The highest BCUT2D eigenvalue weighted by molar-refractivity contribution is 5.85. The molecule has 2 aromatic rings. The zero-order valence-corrected chi connectivity index (χ0v) is 12.5. The predicted octanol–water partition coefficient (Wildman–Crippen LogP) is -0.00418. The molecule has 2 N–H and O–H groups in total. The van der Waals surface area contributed by atoms with Crippen molar-refractivity contribution in [1.29, 1.82) is 0 Å². The molecule has 23 heavy (non-hydrogen) atoms. The zero-order valence-electron chi connectivity index (χ0n) is 12.5. The molecule has 0 bridgehead atoms. The monoisotopic (exact) mass is 318 g/mol. The number of nitrogens with one attached hydrogen (secondary N) is 1. The molecule has 0 aliphatic heterocycles. The van der Waals surface area contributed by atoms with Crippen LogP contribution in [0.1, 0.15) is 24.0 Å². The average molecular weight is 318 g/mol. The first-order valence-corrected chi connectivity index (χ1v) is 7.10. The van der Waals surface area contributed by atoms with Gasteiger partial charge in [-0.2, -0.15) is 0 Å². The SMILES string of the molecule is Cc1c(CC(=O)NCCCC(=O)[O-])c(=O)oc2cc(O)ccc12. The van der Waals surface area contributed by atoms with Gasteiger partial charge in [0.1, 0.15) is 11.3 Å². The molecule has 7 nitrogen and oxygen atoms in total. The lowest BCUT2D eigenvalue weighted by molar-refractivity contribution is -0.305. The number of rotatable bonds is 6. The molecule has 0 saturated heterocycles. The molecule has 1 amide bonds. The van der Waals surface area contributed by atoms with Crippen LogP contribution < -0.4 is 16.0 Å². The lowest BCUT2D eigenvalue weighted by atomic mass is 10.0. The van der Waals surface area contributed by atoms with Crippen LogP contribution in [0.15, 0.2) is 27.4 Å². The lowest BCUT2D eigenvalue weighted by Gasteiger charge is -2.09. The van der Waals surface area contributed by atoms with Crippen molar-refractivity contribution in [3.63, 3.8) is 0 Å². The van der Waals surface area contributed by atoms with Gasteiger partial charge < -0.3 is 24.7 Å². The van der Waals surface area contributed by atoms with Crippen molar-refractivity contribution in [2.75, 3.05) is 6.54 Å². The summed E-state index contributed by atoms with van der Waals surface area (Å²) in [5.74, 6) is -1.58. The van der Waals surface area contributed by atoms with Crippen molar-refractivity contribution in [2.45, 2.75) is 26.2 Å². The van der Waals surface area contributed by atoms with Gasteiger partial charge in [0.05, 0.1) is 12.0 Å². The molecular formula is C16H16NO6-. The van der Waals surface area contributed by atoms with Crippen LogP contribution in [0, 0.1) is 6.92 Å². The summed E-state index contributed by atoms with van der Waals surface area (Å²) in [4.78, 5) is 34.1. The minimum atomic E-state index is -1.17. The second-order valence-electron chi connectivity index (χ2n) is 5.18. The summed E-state index contributed by atoms with van der Waals surface area (Å²) in [7, 11) is 0. The third kappa shape index (κ3) is 4.09. The van der Waals surface area contributed by atoms with Gasteiger partial charge >= 0.3 is 5.63 Å². The van der Waals surface area contributed by atoms with Gasteiger partial charge in [-0.05, 0) is 37.5 Å². The fourth-order valence-corrected chi connectivity index (χ4v) is 2.27. The van der Waals surface area contributed by atoms with Crippen LogP contribution >= 0.6 is 0 Å². The van der Waals surface area contributed by atoms with E-state index in [0.29, 0.717) is 10.9 Å². The van der Waals surface area contributed by atoms with E-state index in [9.17, 15) is 24.6 Å². The summed E-state index contributed by atoms with van der Waals surface area (Å²) in [5, 5.41) is 22.9. The van der Waals surface area contributed by atoms with Gasteiger partial charge in [0, 0.05) is 24.0 Å². The minimum Gasteiger partial charge on any atom is -0.550 e. The maximum atomic E-state index is 12.0. The Morgan fingerprint density at radius 3 is 2.78 bits per heavy atom. The summed E-state index contributed by atoms with van der Waals surface area (Å²) in [6, 6.07) is 4.43. The quantitative estimate of drug-likeness (QED) is 0.571. The van der Waals surface area contributed by atoms with E-state index in [2.05, 4.69) is 5.32 Å². The molecule has 0 fully saturated rings. The number of hydrogen-bond donors (Lipinski definition) is 2. The number of phenolic OH excluding ortho intramolecular Hbond substituents is 1. The molecule has 1 aromatic carbocycles. The largest absolute Gasteiger partial charge is 0.550 e. The number of aliphatic carboxylic acids is 1. The van der Waals surface area contributed by atoms with Crippen LogP contribution in [0.25, 0.3) is 11.0 Å². The molecule has 0 atom stereocenters. The normalized spacial score (nSPS) is 10.7. The summed E-state index contributed by atoms with van der Waals surface area (Å²) in [5.41, 5.74) is 0.470. The average Bonchev–Trinajstić information content (AvgIpc) is 2.47. The van der Waals surface area contributed by atoms with Crippen LogP contribution in [0.2, 0.25) is 0 Å². The Morgan fingerprint density at radius 1 is 1.35 bits per heavy atom. The Labute approximate surface area is 131 Å². The molecule has 2 rings (SSSR count). The number of aromatic hydroxyl groups is 1. The summed E-state index contributed by atoms with van der Waals surface area (Å²) in [6.07, 6.45) is -0.0319. The molecule has 0 radical (unpaired) electrons. The number of carboxylic acids is 1. The standard InChI is InChI=1S/C16H17NO6/c1-9-11-5-4-10(18)7-13(11)23-16(22)12(9)8-14(19)17-6-2-3-15(20)21/h4-5,7,18H,2-3,6,8H2,1H3,(H,17,19)(H,20,21)/p-1. The van der Waals surface area contributed by atoms with E-state index < -0.39 is 17.5 Å². The molecule has 0 aliphatic rings. The Morgan fingerprint density at radius 2 is 2.09 bits per heavy atom. The van der Waals surface area contributed by atoms with Crippen molar-refractivity contribution in [1.82, 2.24) is 5.32 Å². The number of phenols is 1. The van der Waals surface area contributed by atoms with Crippen molar-refractivity contribution in [3.05, 3.63) is 39.7 Å². The first kappa shape index (κ1) is 16.5. The third-order valence-electron chi connectivity index (χ3n) is 3.49. The number of hydrogen-bond acceptors (Lipinski definition) is 6. The minimum absolute atomic E-state index is 0.0153. The highest BCUT2D eigenvalue weighted by Gasteiger charge is 2.15. The molecule has 7 heteroatoms.